The molecule has 3 aromatic rings. The Morgan fingerprint density at radius 1 is 1.03 bits per heavy atom. The number of nitrogens with one attached hydrogen (secondary N) is 1. The SMILES string of the molecule is Cc1cc(C(=O)NN=C(c2csc(-c3ccc(C(C)(C)C)cc3)c2O)C(C)C)ccc1C(=O)O. The fourth-order valence-electron chi connectivity index (χ4n) is 3.58. The molecule has 2 aromatic carbocycles. The molecule has 0 spiro atoms. The third-order valence-electron chi connectivity index (χ3n) is 5.60. The monoisotopic (exact) mass is 478 g/mol. The Kier molecular flexibility index (Phi) is 7.26. The van der Waals surface area contributed by atoms with Gasteiger partial charge in [0.05, 0.1) is 21.7 Å². The van der Waals surface area contributed by atoms with Gasteiger partial charge in [0.1, 0.15) is 5.75 Å². The van der Waals surface area contributed by atoms with Crippen LogP contribution in [-0.4, -0.2) is 27.8 Å². The van der Waals surface area contributed by atoms with E-state index in [1.807, 2.05) is 31.4 Å². The van der Waals surface area contributed by atoms with Gasteiger partial charge in [-0.05, 0) is 53.1 Å². The lowest BCUT2D eigenvalue weighted by molar-refractivity contribution is 0.0695. The lowest BCUT2D eigenvalue weighted by Crippen LogP contribution is -2.22. The average molecular weight is 479 g/mol. The van der Waals surface area contributed by atoms with E-state index in [1.54, 1.807) is 6.92 Å². The number of thiophene rings is 1. The smallest absolute Gasteiger partial charge is 0.335 e. The van der Waals surface area contributed by atoms with Crippen LogP contribution in [0.1, 0.15) is 72.0 Å². The van der Waals surface area contributed by atoms with Crippen LogP contribution in [0.3, 0.4) is 0 Å². The van der Waals surface area contributed by atoms with Crippen LogP contribution in [0, 0.1) is 12.8 Å². The van der Waals surface area contributed by atoms with E-state index in [2.05, 4.69) is 43.4 Å². The van der Waals surface area contributed by atoms with Gasteiger partial charge in [0, 0.05) is 10.9 Å². The molecule has 3 N–H and O–H groups in total. The van der Waals surface area contributed by atoms with Crippen molar-refractivity contribution in [3.8, 4) is 16.2 Å². The van der Waals surface area contributed by atoms with Gasteiger partial charge in [-0.15, -0.1) is 11.3 Å². The largest absolute Gasteiger partial charge is 0.506 e. The number of carboxylic acid groups (broad SMARTS) is 1. The highest BCUT2D eigenvalue weighted by molar-refractivity contribution is 7.14. The molecule has 0 fully saturated rings. The van der Waals surface area contributed by atoms with Gasteiger partial charge < -0.3 is 10.2 Å². The summed E-state index contributed by atoms with van der Waals surface area (Å²) in [4.78, 5) is 24.6. The predicted molar refractivity (Wildman–Crippen MR) is 137 cm³/mol. The number of hydrazone groups is 1. The second-order valence-electron chi connectivity index (χ2n) is 9.58. The highest BCUT2D eigenvalue weighted by Crippen LogP contribution is 2.40. The lowest BCUT2D eigenvalue weighted by atomic mass is 9.86. The highest BCUT2D eigenvalue weighted by Gasteiger charge is 2.21. The summed E-state index contributed by atoms with van der Waals surface area (Å²) in [6.45, 7) is 12.0. The van der Waals surface area contributed by atoms with Crippen LogP contribution in [0.5, 0.6) is 5.75 Å². The number of carbonyl (C=O) groups is 2. The number of aromatic carboxylic acids is 1. The van der Waals surface area contributed by atoms with E-state index < -0.39 is 11.9 Å². The summed E-state index contributed by atoms with van der Waals surface area (Å²) in [5.74, 6) is -1.42. The van der Waals surface area contributed by atoms with Gasteiger partial charge in [0.2, 0.25) is 0 Å². The molecule has 1 heterocycles. The first kappa shape index (κ1) is 25.2. The third-order valence-corrected chi connectivity index (χ3v) is 6.62. The van der Waals surface area contributed by atoms with Crippen molar-refractivity contribution < 1.29 is 19.8 Å². The van der Waals surface area contributed by atoms with Gasteiger partial charge in [0.25, 0.3) is 5.91 Å². The summed E-state index contributed by atoms with van der Waals surface area (Å²) in [7, 11) is 0. The van der Waals surface area contributed by atoms with Crippen LogP contribution < -0.4 is 5.43 Å². The fraction of sp³-hybridized carbons (Fsp3) is 0.296. The summed E-state index contributed by atoms with van der Waals surface area (Å²) in [5, 5.41) is 26.3. The number of hydrogen-bond acceptors (Lipinski definition) is 5. The molecule has 7 heteroatoms. The second kappa shape index (κ2) is 9.81. The molecule has 34 heavy (non-hydrogen) atoms. The minimum absolute atomic E-state index is 0.0450. The zero-order chi connectivity index (χ0) is 25.2. The maximum absolute atomic E-state index is 12.6. The van der Waals surface area contributed by atoms with E-state index in [9.17, 15) is 19.8 Å². The van der Waals surface area contributed by atoms with E-state index >= 15 is 0 Å². The maximum atomic E-state index is 12.6. The van der Waals surface area contributed by atoms with Gasteiger partial charge >= 0.3 is 5.97 Å². The van der Waals surface area contributed by atoms with Gasteiger partial charge in [-0.25, -0.2) is 10.2 Å². The maximum Gasteiger partial charge on any atom is 0.335 e. The van der Waals surface area contributed by atoms with E-state index in [0.29, 0.717) is 22.4 Å². The van der Waals surface area contributed by atoms with Crippen molar-refractivity contribution in [1.82, 2.24) is 5.43 Å². The molecule has 0 aliphatic heterocycles. The minimum Gasteiger partial charge on any atom is -0.506 e. The van der Waals surface area contributed by atoms with Crippen molar-refractivity contribution in [2.75, 3.05) is 0 Å². The Morgan fingerprint density at radius 2 is 1.68 bits per heavy atom. The van der Waals surface area contributed by atoms with Crippen molar-refractivity contribution in [3.05, 3.63) is 75.7 Å². The molecule has 3 rings (SSSR count). The summed E-state index contributed by atoms with van der Waals surface area (Å²) in [6, 6.07) is 12.5. The summed E-state index contributed by atoms with van der Waals surface area (Å²) < 4.78 is 0. The van der Waals surface area contributed by atoms with E-state index in [0.717, 1.165) is 10.4 Å². The Morgan fingerprint density at radius 3 is 2.21 bits per heavy atom. The molecule has 1 aromatic heterocycles. The van der Waals surface area contributed by atoms with Crippen LogP contribution >= 0.6 is 11.3 Å². The molecule has 0 unspecified atom stereocenters. The number of rotatable bonds is 6. The van der Waals surface area contributed by atoms with Crippen molar-refractivity contribution in [3.63, 3.8) is 0 Å². The minimum atomic E-state index is -1.04. The Hall–Kier alpha value is -3.45. The number of aromatic hydroxyl groups is 1. The van der Waals surface area contributed by atoms with Crippen LogP contribution in [0.25, 0.3) is 10.4 Å². The summed E-state index contributed by atoms with van der Waals surface area (Å²) in [5.41, 5.74) is 6.81. The highest BCUT2D eigenvalue weighted by atomic mass is 32.1. The zero-order valence-electron chi connectivity index (χ0n) is 20.3. The number of aryl methyl sites for hydroxylation is 1. The molecule has 0 atom stereocenters. The second-order valence-corrected chi connectivity index (χ2v) is 10.5. The topological polar surface area (TPSA) is 99.0 Å². The molecule has 0 aliphatic rings. The lowest BCUT2D eigenvalue weighted by Gasteiger charge is -2.19. The van der Waals surface area contributed by atoms with Crippen LogP contribution in [0.4, 0.5) is 0 Å². The molecule has 0 saturated heterocycles. The van der Waals surface area contributed by atoms with Crippen molar-refractivity contribution in [2.45, 2.75) is 47.0 Å². The molecular weight excluding hydrogens is 448 g/mol. The van der Waals surface area contributed by atoms with Gasteiger partial charge in [-0.3, -0.25) is 4.79 Å². The molecule has 0 saturated carbocycles. The van der Waals surface area contributed by atoms with Crippen LogP contribution in [-0.2, 0) is 5.41 Å². The van der Waals surface area contributed by atoms with Crippen molar-refractivity contribution in [2.24, 2.45) is 11.0 Å². The summed E-state index contributed by atoms with van der Waals surface area (Å²) >= 11 is 1.43. The number of carbonyl (C=O) groups excluding carboxylic acids is 1. The van der Waals surface area contributed by atoms with Crippen molar-refractivity contribution in [1.29, 1.82) is 0 Å². The first-order chi connectivity index (χ1) is 15.9. The zero-order valence-corrected chi connectivity index (χ0v) is 21.1. The number of amides is 1. The normalized spacial score (nSPS) is 12.1. The van der Waals surface area contributed by atoms with Crippen molar-refractivity contribution >= 4 is 28.9 Å². The molecule has 0 radical (unpaired) electrons. The molecule has 0 bridgehead atoms. The standard InChI is InChI=1S/C27H30N2O4S/c1-15(2)22(28-29-25(31)18-9-12-20(26(32)33)16(3)13-18)21-14-34-24(23(21)30)17-7-10-19(11-8-17)27(4,5)6/h7-15,30H,1-6H3,(H,29,31)(H,32,33). The van der Waals surface area contributed by atoms with Gasteiger partial charge in [-0.1, -0.05) is 58.9 Å². The molecule has 0 aliphatic carbocycles. The molecular formula is C27H30N2O4S. The van der Waals surface area contributed by atoms with Crippen LogP contribution in [0.15, 0.2) is 52.9 Å². The average Bonchev–Trinajstić information content (AvgIpc) is 3.13. The quantitative estimate of drug-likeness (QED) is 0.289. The van der Waals surface area contributed by atoms with Crippen LogP contribution in [0.2, 0.25) is 0 Å². The van der Waals surface area contributed by atoms with E-state index in [-0.39, 0.29) is 22.6 Å². The Balaban J connectivity index is 1.87. The molecule has 6 nitrogen and oxygen atoms in total. The Bertz CT molecular complexity index is 1250. The number of hydrogen-bond donors (Lipinski definition) is 3. The molecule has 178 valence electrons. The van der Waals surface area contributed by atoms with Gasteiger partial charge in [-0.2, -0.15) is 5.10 Å². The van der Waals surface area contributed by atoms with E-state index in [4.69, 9.17) is 0 Å². The number of carboxylic acids is 1. The predicted octanol–water partition coefficient (Wildman–Crippen LogP) is 6.21. The fourth-order valence-corrected chi connectivity index (χ4v) is 4.54. The van der Waals surface area contributed by atoms with Gasteiger partial charge in [0.15, 0.2) is 0 Å². The Labute approximate surface area is 204 Å². The van der Waals surface area contributed by atoms with E-state index in [1.165, 1.54) is 35.1 Å². The summed E-state index contributed by atoms with van der Waals surface area (Å²) in [6.07, 6.45) is 0. The number of nitrogens with zero attached hydrogens (tertiary/aromatic N) is 1. The molecule has 1 amide bonds. The third kappa shape index (κ3) is 5.37. The number of benzene rings is 2. The first-order valence-corrected chi connectivity index (χ1v) is 11.9. The first-order valence-electron chi connectivity index (χ1n) is 11.0.